The van der Waals surface area contributed by atoms with E-state index < -0.39 is 0 Å². The van der Waals surface area contributed by atoms with Crippen LogP contribution in [0.3, 0.4) is 0 Å². The Morgan fingerprint density at radius 1 is 1.30 bits per heavy atom. The number of anilines is 1. The maximum atomic E-state index is 5.54. The molecule has 2 aromatic heterocycles. The Bertz CT molecular complexity index is 536. The summed E-state index contributed by atoms with van der Waals surface area (Å²) < 4.78 is 5.54. The van der Waals surface area contributed by atoms with Crippen molar-refractivity contribution < 1.29 is 4.42 Å². The van der Waals surface area contributed by atoms with Gasteiger partial charge in [-0.2, -0.15) is 0 Å². The first-order valence-electron chi connectivity index (χ1n) is 6.85. The van der Waals surface area contributed by atoms with E-state index in [4.69, 9.17) is 4.42 Å². The lowest BCUT2D eigenvalue weighted by Gasteiger charge is -2.07. The van der Waals surface area contributed by atoms with Crippen LogP contribution in [0.1, 0.15) is 49.5 Å². The van der Waals surface area contributed by atoms with E-state index in [1.54, 1.807) is 11.3 Å². The van der Waals surface area contributed by atoms with Crippen LogP contribution in [-0.4, -0.2) is 21.2 Å². The molecule has 0 amide bonds. The third kappa shape index (κ3) is 4.01. The van der Waals surface area contributed by atoms with Gasteiger partial charge in [0.2, 0.25) is 5.89 Å². The summed E-state index contributed by atoms with van der Waals surface area (Å²) in [7, 11) is 0. The summed E-state index contributed by atoms with van der Waals surface area (Å²) in [5.74, 6) is 0.585. The van der Waals surface area contributed by atoms with Crippen molar-refractivity contribution in [2.45, 2.75) is 52.7 Å². The van der Waals surface area contributed by atoms with Gasteiger partial charge in [-0.3, -0.25) is 0 Å². The largest absolute Gasteiger partial charge is 0.407 e. The predicted octanol–water partition coefficient (Wildman–Crippen LogP) is 2.76. The predicted molar refractivity (Wildman–Crippen MR) is 79.8 cm³/mol. The molecule has 6 nitrogen and oxygen atoms in total. The highest BCUT2D eigenvalue weighted by Crippen LogP contribution is 2.23. The standard InChI is InChI=1S/C13H21N5OS/c1-5-10-6-15-12(20-10)9(4)16-13-18-17-11(19-13)7-14-8(2)3/h6,8-9,14H,5,7H2,1-4H3,(H,16,18). The van der Waals surface area contributed by atoms with Crippen LogP contribution in [0.5, 0.6) is 0 Å². The molecule has 1 atom stereocenters. The molecule has 0 saturated heterocycles. The van der Waals surface area contributed by atoms with Crippen molar-refractivity contribution in [3.05, 3.63) is 22.0 Å². The van der Waals surface area contributed by atoms with Crippen LogP contribution in [0.2, 0.25) is 0 Å². The van der Waals surface area contributed by atoms with Crippen LogP contribution in [0, 0.1) is 0 Å². The Morgan fingerprint density at radius 3 is 2.75 bits per heavy atom. The third-order valence-corrected chi connectivity index (χ3v) is 4.08. The average molecular weight is 295 g/mol. The number of aromatic nitrogens is 3. The molecule has 0 bridgehead atoms. The Morgan fingerprint density at radius 2 is 2.10 bits per heavy atom. The lowest BCUT2D eigenvalue weighted by atomic mass is 10.4. The lowest BCUT2D eigenvalue weighted by molar-refractivity contribution is 0.456. The Kier molecular flexibility index (Phi) is 5.08. The van der Waals surface area contributed by atoms with Crippen molar-refractivity contribution in [1.29, 1.82) is 0 Å². The summed E-state index contributed by atoms with van der Waals surface area (Å²) in [5, 5.41) is 15.4. The third-order valence-electron chi connectivity index (χ3n) is 2.76. The molecule has 0 saturated carbocycles. The van der Waals surface area contributed by atoms with Crippen LogP contribution in [0.25, 0.3) is 0 Å². The van der Waals surface area contributed by atoms with E-state index in [2.05, 4.69) is 46.6 Å². The molecule has 20 heavy (non-hydrogen) atoms. The van der Waals surface area contributed by atoms with Crippen LogP contribution in [0.4, 0.5) is 6.01 Å². The second-order valence-corrected chi connectivity index (χ2v) is 6.07. The zero-order chi connectivity index (χ0) is 14.5. The maximum Gasteiger partial charge on any atom is 0.316 e. The van der Waals surface area contributed by atoms with Gasteiger partial charge in [0.1, 0.15) is 5.01 Å². The highest BCUT2D eigenvalue weighted by molar-refractivity contribution is 7.11. The number of hydrogen-bond acceptors (Lipinski definition) is 7. The summed E-state index contributed by atoms with van der Waals surface area (Å²) in [6.07, 6.45) is 2.93. The van der Waals surface area contributed by atoms with E-state index in [0.29, 0.717) is 24.5 Å². The van der Waals surface area contributed by atoms with Gasteiger partial charge in [-0.15, -0.1) is 16.4 Å². The fourth-order valence-electron chi connectivity index (χ4n) is 1.61. The molecule has 1 unspecified atom stereocenters. The zero-order valence-corrected chi connectivity index (χ0v) is 13.1. The monoisotopic (exact) mass is 295 g/mol. The van der Waals surface area contributed by atoms with Crippen molar-refractivity contribution in [1.82, 2.24) is 20.5 Å². The number of aryl methyl sites for hydroxylation is 1. The fraction of sp³-hybridized carbons (Fsp3) is 0.615. The van der Waals surface area contributed by atoms with E-state index in [9.17, 15) is 0 Å². The van der Waals surface area contributed by atoms with Crippen molar-refractivity contribution >= 4 is 17.4 Å². The summed E-state index contributed by atoms with van der Waals surface area (Å²) >= 11 is 1.71. The van der Waals surface area contributed by atoms with Crippen LogP contribution in [0.15, 0.2) is 10.6 Å². The number of rotatable bonds is 7. The molecule has 2 N–H and O–H groups in total. The topological polar surface area (TPSA) is 75.9 Å². The fourth-order valence-corrected chi connectivity index (χ4v) is 2.47. The van der Waals surface area contributed by atoms with Gasteiger partial charge < -0.3 is 15.1 Å². The van der Waals surface area contributed by atoms with E-state index in [0.717, 1.165) is 11.4 Å². The molecule has 110 valence electrons. The molecule has 0 spiro atoms. The van der Waals surface area contributed by atoms with Crippen molar-refractivity contribution in [2.75, 3.05) is 5.32 Å². The van der Waals surface area contributed by atoms with Gasteiger partial charge >= 0.3 is 6.01 Å². The second-order valence-electron chi connectivity index (χ2n) is 4.92. The van der Waals surface area contributed by atoms with E-state index in [1.165, 1.54) is 4.88 Å². The normalized spacial score (nSPS) is 12.8. The SMILES string of the molecule is CCc1cnc(C(C)Nc2nnc(CNC(C)C)o2)s1. The van der Waals surface area contributed by atoms with Gasteiger partial charge in [0.05, 0.1) is 12.6 Å². The number of thiazole rings is 1. The Hall–Kier alpha value is -1.47. The summed E-state index contributed by atoms with van der Waals surface area (Å²) in [6.45, 7) is 8.89. The quantitative estimate of drug-likeness (QED) is 0.818. The molecule has 2 heterocycles. The molecule has 2 aromatic rings. The van der Waals surface area contributed by atoms with Gasteiger partial charge in [-0.1, -0.05) is 25.9 Å². The summed E-state index contributed by atoms with van der Waals surface area (Å²) in [5.41, 5.74) is 0. The smallest absolute Gasteiger partial charge is 0.316 e. The maximum absolute atomic E-state index is 5.54. The lowest BCUT2D eigenvalue weighted by Crippen LogP contribution is -2.21. The molecule has 0 aliphatic heterocycles. The van der Waals surface area contributed by atoms with Gasteiger partial charge in [0.15, 0.2) is 0 Å². The average Bonchev–Trinajstić information content (AvgIpc) is 3.05. The number of hydrogen-bond donors (Lipinski definition) is 2. The molecular weight excluding hydrogens is 274 g/mol. The zero-order valence-electron chi connectivity index (χ0n) is 12.3. The first kappa shape index (κ1) is 14.9. The minimum atomic E-state index is 0.0617. The summed E-state index contributed by atoms with van der Waals surface area (Å²) in [4.78, 5) is 5.68. The Balaban J connectivity index is 1.92. The van der Waals surface area contributed by atoms with Gasteiger partial charge in [-0.25, -0.2) is 4.98 Å². The summed E-state index contributed by atoms with van der Waals surface area (Å²) in [6, 6.07) is 0.887. The van der Waals surface area contributed by atoms with Crippen LogP contribution >= 0.6 is 11.3 Å². The number of nitrogens with one attached hydrogen (secondary N) is 2. The first-order chi connectivity index (χ1) is 9.58. The van der Waals surface area contributed by atoms with Gasteiger partial charge in [0, 0.05) is 17.1 Å². The minimum absolute atomic E-state index is 0.0617. The van der Waals surface area contributed by atoms with Gasteiger partial charge in [-0.05, 0) is 13.3 Å². The molecule has 2 rings (SSSR count). The second kappa shape index (κ2) is 6.81. The van der Waals surface area contributed by atoms with Crippen LogP contribution < -0.4 is 10.6 Å². The van der Waals surface area contributed by atoms with E-state index in [1.807, 2.05) is 13.1 Å². The molecular formula is C13H21N5OS. The first-order valence-corrected chi connectivity index (χ1v) is 7.67. The van der Waals surface area contributed by atoms with Crippen molar-refractivity contribution in [2.24, 2.45) is 0 Å². The van der Waals surface area contributed by atoms with Crippen molar-refractivity contribution in [3.8, 4) is 0 Å². The minimum Gasteiger partial charge on any atom is -0.407 e. The number of nitrogens with zero attached hydrogens (tertiary/aromatic N) is 3. The molecule has 0 aliphatic rings. The highest BCUT2D eigenvalue weighted by Gasteiger charge is 2.13. The van der Waals surface area contributed by atoms with Gasteiger partial charge in [0.25, 0.3) is 0 Å². The molecule has 0 radical (unpaired) electrons. The molecule has 0 aliphatic carbocycles. The Labute approximate surface area is 123 Å². The molecule has 7 heteroatoms. The van der Waals surface area contributed by atoms with E-state index in [-0.39, 0.29) is 6.04 Å². The molecule has 0 aromatic carbocycles. The van der Waals surface area contributed by atoms with Crippen molar-refractivity contribution in [3.63, 3.8) is 0 Å². The van der Waals surface area contributed by atoms with E-state index >= 15 is 0 Å². The molecule has 0 fully saturated rings. The van der Waals surface area contributed by atoms with Crippen LogP contribution in [-0.2, 0) is 13.0 Å². The highest BCUT2D eigenvalue weighted by atomic mass is 32.1.